The van der Waals surface area contributed by atoms with E-state index in [9.17, 15) is 4.79 Å². The summed E-state index contributed by atoms with van der Waals surface area (Å²) >= 11 is 0. The Kier molecular flexibility index (Phi) is 4.01. The van der Waals surface area contributed by atoms with Gasteiger partial charge in [-0.25, -0.2) is 4.98 Å². The summed E-state index contributed by atoms with van der Waals surface area (Å²) in [6.07, 6.45) is 8.82. The van der Waals surface area contributed by atoms with E-state index in [-0.39, 0.29) is 23.9 Å². The van der Waals surface area contributed by atoms with Gasteiger partial charge in [0.15, 0.2) is 0 Å². The third-order valence-corrected chi connectivity index (χ3v) is 3.92. The normalized spacial score (nSPS) is 26.8. The molecule has 0 radical (unpaired) electrons. The SMILES string of the molecule is CC(N)C(C)C(=O)NC1CCCC1n1ccnc1. The molecule has 18 heavy (non-hydrogen) atoms. The van der Waals surface area contributed by atoms with E-state index in [0.29, 0.717) is 6.04 Å². The van der Waals surface area contributed by atoms with Gasteiger partial charge < -0.3 is 15.6 Å². The van der Waals surface area contributed by atoms with Gasteiger partial charge in [-0.2, -0.15) is 0 Å². The van der Waals surface area contributed by atoms with Crippen LogP contribution in [0.3, 0.4) is 0 Å². The number of nitrogens with two attached hydrogens (primary N) is 1. The molecule has 1 aliphatic rings. The van der Waals surface area contributed by atoms with Crippen molar-refractivity contribution >= 4 is 5.91 Å². The number of nitrogens with one attached hydrogen (secondary N) is 1. The fraction of sp³-hybridized carbons (Fsp3) is 0.692. The topological polar surface area (TPSA) is 72.9 Å². The second-order valence-corrected chi connectivity index (χ2v) is 5.27. The highest BCUT2D eigenvalue weighted by atomic mass is 16.2. The van der Waals surface area contributed by atoms with Gasteiger partial charge in [-0.3, -0.25) is 4.79 Å². The minimum atomic E-state index is -0.144. The third kappa shape index (κ3) is 2.72. The molecule has 1 aromatic rings. The summed E-state index contributed by atoms with van der Waals surface area (Å²) in [6, 6.07) is 0.419. The summed E-state index contributed by atoms with van der Waals surface area (Å²) in [4.78, 5) is 16.1. The van der Waals surface area contributed by atoms with Crippen molar-refractivity contribution in [1.82, 2.24) is 14.9 Å². The molecule has 2 rings (SSSR count). The van der Waals surface area contributed by atoms with Gasteiger partial charge in [0, 0.05) is 30.4 Å². The van der Waals surface area contributed by atoms with Crippen LogP contribution in [0.1, 0.15) is 39.2 Å². The number of carbonyl (C=O) groups excluding carboxylic acids is 1. The Labute approximate surface area is 108 Å². The quantitative estimate of drug-likeness (QED) is 0.839. The third-order valence-electron chi connectivity index (χ3n) is 3.92. The van der Waals surface area contributed by atoms with Crippen molar-refractivity contribution in [1.29, 1.82) is 0 Å². The highest BCUT2D eigenvalue weighted by Gasteiger charge is 2.31. The number of hydrogen-bond acceptors (Lipinski definition) is 3. The Bertz CT molecular complexity index is 388. The summed E-state index contributed by atoms with van der Waals surface area (Å²) in [5.41, 5.74) is 5.76. The summed E-state index contributed by atoms with van der Waals surface area (Å²) in [6.45, 7) is 3.74. The molecule has 3 N–H and O–H groups in total. The first kappa shape index (κ1) is 13.1. The minimum Gasteiger partial charge on any atom is -0.351 e. The molecule has 0 bridgehead atoms. The highest BCUT2D eigenvalue weighted by Crippen LogP contribution is 2.30. The number of rotatable bonds is 4. The van der Waals surface area contributed by atoms with E-state index in [4.69, 9.17) is 5.73 Å². The van der Waals surface area contributed by atoms with Gasteiger partial charge in [-0.15, -0.1) is 0 Å². The maximum atomic E-state index is 12.0. The molecule has 1 aliphatic carbocycles. The Morgan fingerprint density at radius 1 is 1.50 bits per heavy atom. The molecule has 1 saturated carbocycles. The summed E-state index contributed by atoms with van der Waals surface area (Å²) in [7, 11) is 0. The first-order valence-electron chi connectivity index (χ1n) is 6.63. The summed E-state index contributed by atoms with van der Waals surface area (Å²) in [5, 5.41) is 3.13. The standard InChI is InChI=1S/C13H22N4O/c1-9(10(2)14)13(18)16-11-4-3-5-12(11)17-7-6-15-8-17/h6-12H,3-5,14H2,1-2H3,(H,16,18). The lowest BCUT2D eigenvalue weighted by atomic mass is 10.0. The zero-order valence-corrected chi connectivity index (χ0v) is 11.0. The zero-order valence-electron chi connectivity index (χ0n) is 11.0. The van der Waals surface area contributed by atoms with Gasteiger partial charge in [0.25, 0.3) is 0 Å². The van der Waals surface area contributed by atoms with Crippen LogP contribution in [-0.2, 0) is 4.79 Å². The first-order chi connectivity index (χ1) is 8.59. The highest BCUT2D eigenvalue weighted by molar-refractivity contribution is 5.79. The van der Waals surface area contributed by atoms with E-state index in [1.807, 2.05) is 26.4 Å². The van der Waals surface area contributed by atoms with Gasteiger partial charge in [-0.05, 0) is 26.2 Å². The van der Waals surface area contributed by atoms with Crippen molar-refractivity contribution in [3.63, 3.8) is 0 Å². The van der Waals surface area contributed by atoms with Crippen LogP contribution in [0.15, 0.2) is 18.7 Å². The van der Waals surface area contributed by atoms with Crippen LogP contribution < -0.4 is 11.1 Å². The van der Waals surface area contributed by atoms with Crippen LogP contribution in [0.2, 0.25) is 0 Å². The van der Waals surface area contributed by atoms with E-state index in [2.05, 4.69) is 14.9 Å². The predicted molar refractivity (Wildman–Crippen MR) is 69.9 cm³/mol. The van der Waals surface area contributed by atoms with Crippen molar-refractivity contribution in [3.05, 3.63) is 18.7 Å². The van der Waals surface area contributed by atoms with Crippen LogP contribution in [-0.4, -0.2) is 27.5 Å². The van der Waals surface area contributed by atoms with Crippen molar-refractivity contribution < 1.29 is 4.79 Å². The molecule has 0 aliphatic heterocycles. The molecule has 4 unspecified atom stereocenters. The molecule has 100 valence electrons. The molecule has 1 aromatic heterocycles. The monoisotopic (exact) mass is 250 g/mol. The number of hydrogen-bond donors (Lipinski definition) is 2. The van der Waals surface area contributed by atoms with Gasteiger partial charge >= 0.3 is 0 Å². The molecular formula is C13H22N4O. The molecule has 1 heterocycles. The number of nitrogens with zero attached hydrogens (tertiary/aromatic N) is 2. The number of amides is 1. The maximum Gasteiger partial charge on any atom is 0.224 e. The minimum absolute atomic E-state index is 0.0574. The van der Waals surface area contributed by atoms with Crippen LogP contribution in [0, 0.1) is 5.92 Å². The lowest BCUT2D eigenvalue weighted by molar-refractivity contribution is -0.125. The van der Waals surface area contributed by atoms with Gasteiger partial charge in [0.05, 0.1) is 12.4 Å². The Hall–Kier alpha value is -1.36. The number of imidazole rings is 1. The van der Waals surface area contributed by atoms with Crippen molar-refractivity contribution in [2.75, 3.05) is 0 Å². The Balaban J connectivity index is 1.98. The van der Waals surface area contributed by atoms with E-state index >= 15 is 0 Å². The first-order valence-corrected chi connectivity index (χ1v) is 6.63. The van der Waals surface area contributed by atoms with Crippen molar-refractivity contribution in [2.45, 2.75) is 51.2 Å². The van der Waals surface area contributed by atoms with Crippen LogP contribution in [0.5, 0.6) is 0 Å². The van der Waals surface area contributed by atoms with E-state index in [1.165, 1.54) is 0 Å². The fourth-order valence-electron chi connectivity index (χ4n) is 2.48. The molecule has 5 nitrogen and oxygen atoms in total. The lowest BCUT2D eigenvalue weighted by Gasteiger charge is -2.24. The summed E-state index contributed by atoms with van der Waals surface area (Å²) in [5.74, 6) is -0.0870. The van der Waals surface area contributed by atoms with Crippen molar-refractivity contribution in [2.24, 2.45) is 11.7 Å². The molecule has 1 fully saturated rings. The van der Waals surface area contributed by atoms with Crippen molar-refractivity contribution in [3.8, 4) is 0 Å². The molecule has 5 heteroatoms. The largest absolute Gasteiger partial charge is 0.351 e. The zero-order chi connectivity index (χ0) is 13.1. The van der Waals surface area contributed by atoms with E-state index in [1.54, 1.807) is 6.20 Å². The average Bonchev–Trinajstić information content (AvgIpc) is 2.96. The van der Waals surface area contributed by atoms with Crippen LogP contribution in [0.25, 0.3) is 0 Å². The molecule has 0 aromatic carbocycles. The van der Waals surface area contributed by atoms with Crippen LogP contribution in [0.4, 0.5) is 0 Å². The van der Waals surface area contributed by atoms with Gasteiger partial charge in [0.1, 0.15) is 0 Å². The molecule has 4 atom stereocenters. The fourth-order valence-corrected chi connectivity index (χ4v) is 2.48. The molecular weight excluding hydrogens is 228 g/mol. The van der Waals surface area contributed by atoms with Gasteiger partial charge in [-0.1, -0.05) is 6.92 Å². The Morgan fingerprint density at radius 2 is 2.28 bits per heavy atom. The number of carbonyl (C=O) groups is 1. The van der Waals surface area contributed by atoms with Crippen LogP contribution >= 0.6 is 0 Å². The molecule has 0 spiro atoms. The molecule has 0 saturated heterocycles. The Morgan fingerprint density at radius 3 is 2.89 bits per heavy atom. The van der Waals surface area contributed by atoms with Gasteiger partial charge in [0.2, 0.25) is 5.91 Å². The maximum absolute atomic E-state index is 12.0. The van der Waals surface area contributed by atoms with E-state index < -0.39 is 0 Å². The summed E-state index contributed by atoms with van der Waals surface area (Å²) < 4.78 is 2.09. The van der Waals surface area contributed by atoms with E-state index in [0.717, 1.165) is 19.3 Å². The molecule has 1 amide bonds. The average molecular weight is 250 g/mol. The number of aromatic nitrogens is 2. The predicted octanol–water partition coefficient (Wildman–Crippen LogP) is 1.08. The smallest absolute Gasteiger partial charge is 0.224 e. The second kappa shape index (κ2) is 5.52. The lowest BCUT2D eigenvalue weighted by Crippen LogP contribution is -2.44. The second-order valence-electron chi connectivity index (χ2n) is 5.27.